The van der Waals surface area contributed by atoms with Crippen molar-refractivity contribution in [2.24, 2.45) is 5.11 Å². The number of hydrogen-bond acceptors (Lipinski definition) is 4. The highest BCUT2D eigenvalue weighted by Gasteiger charge is 2.36. The zero-order chi connectivity index (χ0) is 14.4. The number of benzene rings is 1. The van der Waals surface area contributed by atoms with Crippen molar-refractivity contribution in [1.29, 1.82) is 0 Å². The van der Waals surface area contributed by atoms with Gasteiger partial charge < -0.3 is 14.2 Å². The lowest BCUT2D eigenvalue weighted by atomic mass is 10.0. The van der Waals surface area contributed by atoms with Crippen molar-refractivity contribution in [3.63, 3.8) is 0 Å². The van der Waals surface area contributed by atoms with Crippen molar-refractivity contribution < 1.29 is 14.2 Å². The van der Waals surface area contributed by atoms with Crippen LogP contribution in [0, 0.1) is 0 Å². The first-order valence-electron chi connectivity index (χ1n) is 6.62. The van der Waals surface area contributed by atoms with Gasteiger partial charge in [-0.15, -0.1) is 0 Å². The largest absolute Gasteiger partial charge is 0.368 e. The lowest BCUT2D eigenvalue weighted by molar-refractivity contribution is -0.244. The van der Waals surface area contributed by atoms with Crippen molar-refractivity contribution in [2.45, 2.75) is 44.5 Å². The van der Waals surface area contributed by atoms with Crippen LogP contribution in [0.3, 0.4) is 0 Å². The maximum atomic E-state index is 8.58. The van der Waals surface area contributed by atoms with Crippen LogP contribution in [0.5, 0.6) is 0 Å². The van der Waals surface area contributed by atoms with Gasteiger partial charge in [-0.3, -0.25) is 0 Å². The predicted octanol–water partition coefficient (Wildman–Crippen LogP) is 3.03. The van der Waals surface area contributed by atoms with Gasteiger partial charge in [-0.05, 0) is 24.4 Å². The number of rotatable bonds is 5. The van der Waals surface area contributed by atoms with E-state index in [1.807, 2.05) is 37.3 Å². The molecule has 0 amide bonds. The summed E-state index contributed by atoms with van der Waals surface area (Å²) in [6.45, 7) is 2.35. The van der Waals surface area contributed by atoms with Crippen LogP contribution >= 0.6 is 0 Å². The number of nitrogens with zero attached hydrogens (tertiary/aromatic N) is 3. The van der Waals surface area contributed by atoms with E-state index in [1.165, 1.54) is 0 Å². The second-order valence-electron chi connectivity index (χ2n) is 4.79. The van der Waals surface area contributed by atoms with Crippen LogP contribution in [0.25, 0.3) is 10.4 Å². The van der Waals surface area contributed by atoms with E-state index in [9.17, 15) is 0 Å². The molecule has 0 aromatic heterocycles. The minimum absolute atomic E-state index is 0.174. The maximum absolute atomic E-state index is 8.58. The number of methoxy groups -OCH3 is 1. The van der Waals surface area contributed by atoms with Gasteiger partial charge in [0, 0.05) is 12.0 Å². The van der Waals surface area contributed by atoms with Crippen LogP contribution in [-0.2, 0) is 20.8 Å². The monoisotopic (exact) mass is 277 g/mol. The number of ether oxygens (including phenoxy) is 3. The molecule has 1 heterocycles. The van der Waals surface area contributed by atoms with Crippen molar-refractivity contribution in [3.8, 4) is 0 Å². The Kier molecular flexibility index (Phi) is 5.38. The molecule has 108 valence electrons. The molecule has 6 nitrogen and oxygen atoms in total. The highest BCUT2D eigenvalue weighted by atomic mass is 16.7. The standard InChI is InChI=1S/C14H19N3O3/c1-10-12(16-17-15)8-13(14(18-2)20-10)19-9-11-6-4-3-5-7-11/h3-7,10,12-14H,8-9H2,1-2H3/t10-,12-,13-,14+/m1/s1. The summed E-state index contributed by atoms with van der Waals surface area (Å²) < 4.78 is 16.9. The third-order valence-electron chi connectivity index (χ3n) is 3.41. The molecule has 1 fully saturated rings. The van der Waals surface area contributed by atoms with E-state index in [0.717, 1.165) is 5.56 Å². The molecule has 1 aliphatic heterocycles. The van der Waals surface area contributed by atoms with Gasteiger partial charge in [0.15, 0.2) is 6.29 Å². The summed E-state index contributed by atoms with van der Waals surface area (Å²) in [6, 6.07) is 9.67. The Morgan fingerprint density at radius 3 is 2.80 bits per heavy atom. The average Bonchev–Trinajstić information content (AvgIpc) is 2.48. The molecule has 0 bridgehead atoms. The molecule has 1 saturated heterocycles. The number of hydrogen-bond donors (Lipinski definition) is 0. The third kappa shape index (κ3) is 3.71. The zero-order valence-electron chi connectivity index (χ0n) is 11.7. The minimum atomic E-state index is -0.432. The lowest BCUT2D eigenvalue weighted by Crippen LogP contribution is -2.47. The Bertz CT molecular complexity index is 462. The van der Waals surface area contributed by atoms with E-state index in [2.05, 4.69) is 10.0 Å². The van der Waals surface area contributed by atoms with Crippen LogP contribution in [0.15, 0.2) is 35.4 Å². The van der Waals surface area contributed by atoms with Crippen LogP contribution in [0.1, 0.15) is 18.9 Å². The fourth-order valence-corrected chi connectivity index (χ4v) is 2.27. The van der Waals surface area contributed by atoms with E-state index in [-0.39, 0.29) is 18.2 Å². The van der Waals surface area contributed by atoms with Gasteiger partial charge in [0.2, 0.25) is 0 Å². The van der Waals surface area contributed by atoms with Crippen LogP contribution in [-0.4, -0.2) is 31.6 Å². The molecule has 1 aliphatic rings. The van der Waals surface area contributed by atoms with Crippen molar-refractivity contribution in [3.05, 3.63) is 46.3 Å². The topological polar surface area (TPSA) is 76.5 Å². The van der Waals surface area contributed by atoms with Gasteiger partial charge in [0.25, 0.3) is 0 Å². The Hall–Kier alpha value is -1.59. The average molecular weight is 277 g/mol. The summed E-state index contributed by atoms with van der Waals surface area (Å²) in [7, 11) is 1.59. The van der Waals surface area contributed by atoms with Crippen LogP contribution < -0.4 is 0 Å². The molecule has 0 unspecified atom stereocenters. The maximum Gasteiger partial charge on any atom is 0.183 e. The highest BCUT2D eigenvalue weighted by Crippen LogP contribution is 2.26. The second-order valence-corrected chi connectivity index (χ2v) is 4.79. The Labute approximate surface area is 118 Å². The van der Waals surface area contributed by atoms with E-state index in [0.29, 0.717) is 13.0 Å². The first kappa shape index (κ1) is 14.8. The van der Waals surface area contributed by atoms with Gasteiger partial charge in [-0.25, -0.2) is 0 Å². The number of azide groups is 1. The van der Waals surface area contributed by atoms with E-state index >= 15 is 0 Å². The summed E-state index contributed by atoms with van der Waals surface area (Å²) in [5.74, 6) is 0. The first-order valence-corrected chi connectivity index (χ1v) is 6.62. The molecule has 0 aliphatic carbocycles. The molecule has 0 saturated carbocycles. The highest BCUT2D eigenvalue weighted by molar-refractivity contribution is 5.13. The summed E-state index contributed by atoms with van der Waals surface area (Å²) in [6.07, 6.45) is -0.255. The fourth-order valence-electron chi connectivity index (χ4n) is 2.27. The Morgan fingerprint density at radius 1 is 1.40 bits per heavy atom. The van der Waals surface area contributed by atoms with Gasteiger partial charge in [0.1, 0.15) is 6.10 Å². The molecule has 4 atom stereocenters. The molecular formula is C14H19N3O3. The molecule has 2 rings (SSSR count). The van der Waals surface area contributed by atoms with Crippen LogP contribution in [0.2, 0.25) is 0 Å². The normalized spacial score (nSPS) is 29.7. The molecular weight excluding hydrogens is 258 g/mol. The lowest BCUT2D eigenvalue weighted by Gasteiger charge is -2.37. The SMILES string of the molecule is CO[C@H]1O[C@H](C)[C@H](N=[N+]=[N-])C[C@H]1OCc1ccccc1. The Balaban J connectivity index is 1.98. The predicted molar refractivity (Wildman–Crippen MR) is 73.9 cm³/mol. The van der Waals surface area contributed by atoms with Crippen molar-refractivity contribution in [2.75, 3.05) is 7.11 Å². The van der Waals surface area contributed by atoms with E-state index < -0.39 is 6.29 Å². The second kappa shape index (κ2) is 7.26. The summed E-state index contributed by atoms with van der Waals surface area (Å²) in [4.78, 5) is 2.86. The smallest absolute Gasteiger partial charge is 0.183 e. The van der Waals surface area contributed by atoms with Crippen molar-refractivity contribution >= 4 is 0 Å². The van der Waals surface area contributed by atoms with Gasteiger partial charge in [-0.1, -0.05) is 35.4 Å². The van der Waals surface area contributed by atoms with Crippen LogP contribution in [0.4, 0.5) is 0 Å². The fraction of sp³-hybridized carbons (Fsp3) is 0.571. The summed E-state index contributed by atoms with van der Waals surface area (Å²) >= 11 is 0. The minimum Gasteiger partial charge on any atom is -0.368 e. The first-order chi connectivity index (χ1) is 9.74. The van der Waals surface area contributed by atoms with E-state index in [4.69, 9.17) is 19.7 Å². The zero-order valence-corrected chi connectivity index (χ0v) is 11.7. The molecule has 1 aromatic carbocycles. The molecule has 20 heavy (non-hydrogen) atoms. The van der Waals surface area contributed by atoms with E-state index in [1.54, 1.807) is 7.11 Å². The summed E-state index contributed by atoms with van der Waals surface area (Å²) in [5.41, 5.74) is 9.67. The quantitative estimate of drug-likeness (QED) is 0.471. The molecule has 0 spiro atoms. The molecule has 6 heteroatoms. The van der Waals surface area contributed by atoms with Gasteiger partial charge in [0.05, 0.1) is 18.8 Å². The third-order valence-corrected chi connectivity index (χ3v) is 3.41. The van der Waals surface area contributed by atoms with Gasteiger partial charge >= 0.3 is 0 Å². The molecule has 0 N–H and O–H groups in total. The van der Waals surface area contributed by atoms with Crippen molar-refractivity contribution in [1.82, 2.24) is 0 Å². The molecule has 1 aromatic rings. The molecule has 0 radical (unpaired) electrons. The van der Waals surface area contributed by atoms with Gasteiger partial charge in [-0.2, -0.15) is 0 Å². The summed E-state index contributed by atoms with van der Waals surface area (Å²) in [5, 5.41) is 3.76. The Morgan fingerprint density at radius 2 is 2.15 bits per heavy atom.